The van der Waals surface area contributed by atoms with Crippen LogP contribution in [0.2, 0.25) is 0 Å². The molecule has 1 saturated heterocycles. The number of ether oxygens (including phenoxy) is 3. The SMILES string of the molecule is FC(F)C(F)(F)C(F)(F)C(F)(F)COCC1(COCC(F)(F)C(F)(F)C(F)(F)C(F)F)COC1. The van der Waals surface area contributed by atoms with Gasteiger partial charge in [-0.25, -0.2) is 17.6 Å². The van der Waals surface area contributed by atoms with E-state index in [2.05, 4.69) is 14.2 Å². The van der Waals surface area contributed by atoms with Crippen molar-refractivity contribution >= 4 is 0 Å². The van der Waals surface area contributed by atoms with E-state index in [4.69, 9.17) is 0 Å². The highest BCUT2D eigenvalue weighted by molar-refractivity contribution is 4.99. The van der Waals surface area contributed by atoms with Crippen LogP contribution in [0, 0.1) is 5.41 Å². The zero-order valence-electron chi connectivity index (χ0n) is 16.2. The minimum atomic E-state index is -6.60. The highest BCUT2D eigenvalue weighted by atomic mass is 19.4. The summed E-state index contributed by atoms with van der Waals surface area (Å²) in [6, 6.07) is 0. The first-order chi connectivity index (χ1) is 15.0. The van der Waals surface area contributed by atoms with Crippen molar-refractivity contribution in [2.75, 3.05) is 39.6 Å². The summed E-state index contributed by atoms with van der Waals surface area (Å²) < 4.78 is 218. The zero-order valence-corrected chi connectivity index (χ0v) is 16.2. The van der Waals surface area contributed by atoms with E-state index in [1.165, 1.54) is 0 Å². The Bertz CT molecular complexity index is 625. The molecule has 0 atom stereocenters. The van der Waals surface area contributed by atoms with Crippen LogP contribution in [0.1, 0.15) is 0 Å². The van der Waals surface area contributed by atoms with Crippen LogP contribution in [0.25, 0.3) is 0 Å². The van der Waals surface area contributed by atoms with E-state index in [1.807, 2.05) is 0 Å². The van der Waals surface area contributed by atoms with E-state index in [0.29, 0.717) is 0 Å². The Morgan fingerprint density at radius 3 is 1.09 bits per heavy atom. The van der Waals surface area contributed by atoms with Crippen molar-refractivity contribution in [2.45, 2.75) is 48.4 Å². The van der Waals surface area contributed by atoms with E-state index in [0.717, 1.165) is 0 Å². The third kappa shape index (κ3) is 5.44. The Kier molecular flexibility index (Phi) is 8.75. The summed E-state index contributed by atoms with van der Waals surface area (Å²) in [6.45, 7) is -9.02. The maximum atomic E-state index is 13.4. The smallest absolute Gasteiger partial charge is 0.380 e. The largest absolute Gasteiger partial charge is 0.380 e. The third-order valence-electron chi connectivity index (χ3n) is 4.50. The molecule has 0 aromatic rings. The van der Waals surface area contributed by atoms with Gasteiger partial charge in [0.2, 0.25) is 0 Å². The predicted molar refractivity (Wildman–Crippen MR) is 76.6 cm³/mol. The zero-order chi connectivity index (χ0) is 27.0. The molecule has 0 saturated carbocycles. The van der Waals surface area contributed by atoms with Gasteiger partial charge in [0.05, 0.1) is 31.8 Å². The van der Waals surface area contributed by atoms with Crippen LogP contribution in [-0.4, -0.2) is 88.0 Å². The molecule has 34 heavy (non-hydrogen) atoms. The quantitative estimate of drug-likeness (QED) is 0.274. The number of halogens is 16. The highest BCUT2D eigenvalue weighted by Gasteiger charge is 2.76. The van der Waals surface area contributed by atoms with Crippen LogP contribution >= 0.6 is 0 Å². The molecule has 1 rings (SSSR count). The van der Waals surface area contributed by atoms with Crippen molar-refractivity contribution in [2.24, 2.45) is 5.41 Å². The molecule has 0 bridgehead atoms. The van der Waals surface area contributed by atoms with Crippen LogP contribution in [0.3, 0.4) is 0 Å². The number of hydrogen-bond acceptors (Lipinski definition) is 3. The van der Waals surface area contributed by atoms with Crippen LogP contribution in [0.4, 0.5) is 70.2 Å². The van der Waals surface area contributed by atoms with Crippen molar-refractivity contribution in [3.63, 3.8) is 0 Å². The second kappa shape index (κ2) is 9.67. The van der Waals surface area contributed by atoms with E-state index in [1.54, 1.807) is 0 Å². The van der Waals surface area contributed by atoms with Gasteiger partial charge in [0, 0.05) is 0 Å². The Morgan fingerprint density at radius 1 is 0.588 bits per heavy atom. The van der Waals surface area contributed by atoms with Gasteiger partial charge in [-0.2, -0.15) is 52.7 Å². The van der Waals surface area contributed by atoms with Crippen LogP contribution in [0.5, 0.6) is 0 Å². The molecule has 0 amide bonds. The molecule has 1 aliphatic heterocycles. The average Bonchev–Trinajstić information content (AvgIpc) is 2.64. The Morgan fingerprint density at radius 2 is 0.882 bits per heavy atom. The van der Waals surface area contributed by atoms with Gasteiger partial charge in [-0.3, -0.25) is 0 Å². The Labute approximate surface area is 179 Å². The molecule has 0 aromatic heterocycles. The summed E-state index contributed by atoms with van der Waals surface area (Å²) in [4.78, 5) is 0. The van der Waals surface area contributed by atoms with Crippen LogP contribution in [0.15, 0.2) is 0 Å². The van der Waals surface area contributed by atoms with Crippen molar-refractivity contribution < 1.29 is 84.5 Å². The fourth-order valence-corrected chi connectivity index (χ4v) is 2.33. The highest BCUT2D eigenvalue weighted by Crippen LogP contribution is 2.50. The summed E-state index contributed by atoms with van der Waals surface area (Å²) in [5, 5.41) is 0. The van der Waals surface area contributed by atoms with Gasteiger partial charge in [-0.1, -0.05) is 0 Å². The Balaban J connectivity index is 2.75. The summed E-state index contributed by atoms with van der Waals surface area (Å²) in [7, 11) is 0. The van der Waals surface area contributed by atoms with E-state index < -0.39 is 93.4 Å². The van der Waals surface area contributed by atoms with E-state index in [9.17, 15) is 70.2 Å². The van der Waals surface area contributed by atoms with Gasteiger partial charge in [0.25, 0.3) is 0 Å². The minimum Gasteiger partial charge on any atom is -0.380 e. The summed E-state index contributed by atoms with van der Waals surface area (Å²) in [5.74, 6) is -37.9. The second-order valence-electron chi connectivity index (χ2n) is 7.38. The molecular formula is C15H14F16O3. The number of rotatable bonds is 14. The standard InChI is InChI=1S/C15H14F16O3/c16-7(17)12(24,25)14(28,29)10(20,21)5-33-3-9(1-32-2-9)4-34-6-11(22,23)15(30,31)13(26,27)8(18)19/h7-8H,1-6H2. The third-order valence-corrected chi connectivity index (χ3v) is 4.50. The molecule has 1 aliphatic rings. The molecule has 1 heterocycles. The van der Waals surface area contributed by atoms with Gasteiger partial charge in [-0.05, 0) is 0 Å². The number of alkyl halides is 16. The van der Waals surface area contributed by atoms with Crippen molar-refractivity contribution in [3.8, 4) is 0 Å². The normalized spacial score (nSPS) is 18.5. The molecule has 0 aliphatic carbocycles. The minimum absolute atomic E-state index is 0.669. The fraction of sp³-hybridized carbons (Fsp3) is 1.00. The molecule has 19 heteroatoms. The lowest BCUT2D eigenvalue weighted by molar-refractivity contribution is -0.350. The van der Waals surface area contributed by atoms with Crippen molar-refractivity contribution in [1.82, 2.24) is 0 Å². The van der Waals surface area contributed by atoms with Gasteiger partial charge in [-0.15, -0.1) is 0 Å². The lowest BCUT2D eigenvalue weighted by Crippen LogP contribution is -2.60. The lowest BCUT2D eigenvalue weighted by atomic mass is 9.88. The van der Waals surface area contributed by atoms with Gasteiger partial charge >= 0.3 is 48.4 Å². The molecule has 204 valence electrons. The van der Waals surface area contributed by atoms with Gasteiger partial charge < -0.3 is 14.2 Å². The Hall–Kier alpha value is -1.24. The topological polar surface area (TPSA) is 27.7 Å². The molecule has 0 spiro atoms. The molecule has 0 aromatic carbocycles. The van der Waals surface area contributed by atoms with E-state index >= 15 is 0 Å². The van der Waals surface area contributed by atoms with Gasteiger partial charge in [0.1, 0.15) is 13.2 Å². The molecule has 0 N–H and O–H groups in total. The number of hydrogen-bond donors (Lipinski definition) is 0. The predicted octanol–water partition coefficient (Wildman–Crippen LogP) is 5.38. The van der Waals surface area contributed by atoms with Crippen LogP contribution in [-0.2, 0) is 14.2 Å². The fourth-order valence-electron chi connectivity index (χ4n) is 2.33. The average molecular weight is 546 g/mol. The molecule has 3 nitrogen and oxygen atoms in total. The molecule has 0 unspecified atom stereocenters. The molecular weight excluding hydrogens is 532 g/mol. The first kappa shape index (κ1) is 30.8. The maximum Gasteiger partial charge on any atom is 0.380 e. The van der Waals surface area contributed by atoms with E-state index in [-0.39, 0.29) is 0 Å². The monoisotopic (exact) mass is 546 g/mol. The van der Waals surface area contributed by atoms with Crippen molar-refractivity contribution in [1.29, 1.82) is 0 Å². The summed E-state index contributed by atoms with van der Waals surface area (Å²) >= 11 is 0. The summed E-state index contributed by atoms with van der Waals surface area (Å²) in [6.07, 6.45) is -10.4. The lowest BCUT2D eigenvalue weighted by Gasteiger charge is -2.41. The van der Waals surface area contributed by atoms with Crippen LogP contribution < -0.4 is 0 Å². The maximum absolute atomic E-state index is 13.4. The second-order valence-corrected chi connectivity index (χ2v) is 7.38. The molecule has 0 radical (unpaired) electrons. The van der Waals surface area contributed by atoms with Crippen molar-refractivity contribution in [3.05, 3.63) is 0 Å². The molecule has 1 fully saturated rings. The summed E-state index contributed by atoms with van der Waals surface area (Å²) in [5.41, 5.74) is -1.84. The first-order valence-corrected chi connectivity index (χ1v) is 8.57. The van der Waals surface area contributed by atoms with Gasteiger partial charge in [0.15, 0.2) is 0 Å². The first-order valence-electron chi connectivity index (χ1n) is 8.57.